The molecule has 0 spiro atoms. The van der Waals surface area contributed by atoms with E-state index in [4.69, 9.17) is 10.2 Å². The summed E-state index contributed by atoms with van der Waals surface area (Å²) in [7, 11) is 4.93. The fraction of sp³-hybridized carbons (Fsp3) is 0.174. The first-order chi connectivity index (χ1) is 16.9. The molecule has 184 valence electrons. The average molecular weight is 481 g/mol. The predicted octanol–water partition coefficient (Wildman–Crippen LogP) is 5.65. The maximum Gasteiger partial charge on any atom is 1.00 e. The van der Waals surface area contributed by atoms with Crippen molar-refractivity contribution >= 4 is 17.1 Å². The Labute approximate surface area is 205 Å². The third-order valence-electron chi connectivity index (χ3n) is 4.29. The quantitative estimate of drug-likeness (QED) is 0.204. The third kappa shape index (κ3) is 11.4. The normalized spacial score (nSPS) is 9.29. The summed E-state index contributed by atoms with van der Waals surface area (Å²) in [6.45, 7) is 1.94. The Kier molecular flexibility index (Phi) is 15.0. The molecule has 0 radical (unpaired) electrons. The predicted molar refractivity (Wildman–Crippen MR) is 138 cm³/mol. The second kappa shape index (κ2) is 17.5. The van der Waals surface area contributed by atoms with Gasteiger partial charge in [-0.3, -0.25) is 0 Å². The van der Waals surface area contributed by atoms with Crippen molar-refractivity contribution in [2.45, 2.75) is 6.92 Å². The molecule has 0 aliphatic heterocycles. The van der Waals surface area contributed by atoms with E-state index in [2.05, 4.69) is 21.5 Å². The lowest BCUT2D eigenvalue weighted by molar-refractivity contribution is -0.535. The highest BCUT2D eigenvalue weighted by atomic mass is 16.6. The molecule has 0 aliphatic carbocycles. The third-order valence-corrected chi connectivity index (χ3v) is 4.29. The Balaban J connectivity index is 0. The number of nitrogens with zero attached hydrogens (tertiary/aromatic N) is 6. The summed E-state index contributed by atoms with van der Waals surface area (Å²) in [5.74, 6) is 0. The number of hydrazine groups is 1. The van der Waals surface area contributed by atoms with Crippen molar-refractivity contribution in [1.82, 2.24) is 0 Å². The minimum absolute atomic E-state index is 0. The van der Waals surface area contributed by atoms with Gasteiger partial charge in [-0.2, -0.15) is 10.2 Å². The van der Waals surface area contributed by atoms with Gasteiger partial charge in [-0.05, 0) is 60.7 Å². The van der Waals surface area contributed by atoms with Gasteiger partial charge in [-0.1, -0.05) is 41.5 Å². The van der Waals surface area contributed by atoms with Crippen LogP contribution in [0.1, 0.15) is 12.6 Å². The lowest BCUT2D eigenvalue weighted by Crippen LogP contribution is -2.24. The Hall–Kier alpha value is -5.05. The molecule has 0 amide bonds. The van der Waals surface area contributed by atoms with E-state index in [9.17, 15) is 15.3 Å². The van der Waals surface area contributed by atoms with Crippen LogP contribution in [0.4, 0.5) is 17.1 Å². The van der Waals surface area contributed by atoms with E-state index < -0.39 is 0 Å². The van der Waals surface area contributed by atoms with E-state index in [1.165, 1.54) is 12.1 Å². The van der Waals surface area contributed by atoms with Crippen LogP contribution in [0.5, 0.6) is 0 Å². The molecule has 0 bridgehead atoms. The van der Waals surface area contributed by atoms with Crippen LogP contribution in [-0.4, -0.2) is 26.1 Å². The first kappa shape index (κ1) is 29.9. The van der Waals surface area contributed by atoms with Crippen molar-refractivity contribution < 1.29 is 6.40 Å². The van der Waals surface area contributed by atoms with Crippen molar-refractivity contribution in [3.05, 3.63) is 110 Å². The van der Waals surface area contributed by atoms with Crippen LogP contribution < -0.4 is 15.3 Å². The van der Waals surface area contributed by atoms with Crippen LogP contribution >= 0.6 is 0 Å². The van der Waals surface area contributed by atoms with Crippen LogP contribution in [0.3, 0.4) is 0 Å². The number of nitroso groups, excluding NO2 is 2. The molecule has 0 saturated carbocycles. The van der Waals surface area contributed by atoms with Gasteiger partial charge in [0.2, 0.25) is 0 Å². The van der Waals surface area contributed by atoms with E-state index >= 15 is 0 Å². The monoisotopic (exact) mass is 480 g/mol. The van der Waals surface area contributed by atoms with Gasteiger partial charge in [-0.15, -0.1) is 9.92 Å². The molecule has 0 heterocycles. The molecular formula is C23H28N8O4. The lowest BCUT2D eigenvalue weighted by Gasteiger charge is -2.14. The highest BCUT2D eigenvalue weighted by Crippen LogP contribution is 2.14. The van der Waals surface area contributed by atoms with Gasteiger partial charge in [0.15, 0.2) is 0 Å². The zero-order valence-electron chi connectivity index (χ0n) is 20.8. The van der Waals surface area contributed by atoms with Gasteiger partial charge < -0.3 is 15.7 Å². The molecule has 3 aromatic carbocycles. The van der Waals surface area contributed by atoms with Crippen LogP contribution in [0, 0.1) is 44.1 Å². The molecule has 12 nitrogen and oxygen atoms in total. The van der Waals surface area contributed by atoms with Crippen LogP contribution in [-0.2, 0) is 0 Å². The topological polar surface area (TPSA) is 174 Å². The standard InChI is InChI=1S/C8H11N3O2.C8H7N3O.C7H9N.HNO/c1-7-3-5-8(6-4-7)10(2)11(13)9-12;1-11(10-12)8-4-2-7(6-9)3-5-8;1-8-7-5-3-2-4-6-7;1-2/h3-6,12H,1-2H3;2-5H,1H3;2-6,8H,1H3;1H/b11-9-;;;. The number of nitrogens with one attached hydrogen (secondary N) is 2. The van der Waals surface area contributed by atoms with E-state index in [-0.39, 0.29) is 6.40 Å². The molecular weight excluding hydrogens is 452 g/mol. The molecule has 3 rings (SSSR count). The first-order valence-corrected chi connectivity index (χ1v) is 9.97. The Bertz CT molecular complexity index is 1060. The van der Waals surface area contributed by atoms with Gasteiger partial charge >= 0.3 is 1.43 Å². The fourth-order valence-electron chi connectivity index (χ4n) is 2.32. The second-order valence-electron chi connectivity index (χ2n) is 6.57. The lowest BCUT2D eigenvalue weighted by atomic mass is 10.2. The second-order valence-corrected chi connectivity index (χ2v) is 6.57. The number of hydrogen-bond acceptors (Lipinski definition) is 9. The summed E-state index contributed by atoms with van der Waals surface area (Å²) < 4.78 is 0. The van der Waals surface area contributed by atoms with Crippen LogP contribution in [0.15, 0.2) is 89.4 Å². The summed E-state index contributed by atoms with van der Waals surface area (Å²) in [5, 5.41) is 39.4. The highest BCUT2D eigenvalue weighted by molar-refractivity contribution is 5.48. The molecule has 0 aliphatic rings. The van der Waals surface area contributed by atoms with E-state index in [1.54, 1.807) is 43.4 Å². The molecule has 0 aromatic heterocycles. The molecule has 0 unspecified atom stereocenters. The van der Waals surface area contributed by atoms with Crippen molar-refractivity contribution in [2.75, 3.05) is 36.5 Å². The smallest absolute Gasteiger partial charge is 0.737 e. The number of anilines is 3. The minimum Gasteiger partial charge on any atom is -0.737 e. The van der Waals surface area contributed by atoms with Crippen molar-refractivity contribution in [3.63, 3.8) is 0 Å². The number of hydrogen-bond donors (Lipinski definition) is 2. The van der Waals surface area contributed by atoms with Crippen molar-refractivity contribution in [2.24, 2.45) is 10.6 Å². The van der Waals surface area contributed by atoms with E-state index in [1.807, 2.05) is 62.5 Å². The van der Waals surface area contributed by atoms with Gasteiger partial charge in [0.25, 0.3) is 0 Å². The van der Waals surface area contributed by atoms with Gasteiger partial charge in [0.1, 0.15) is 5.69 Å². The summed E-state index contributed by atoms with van der Waals surface area (Å²) in [6.07, 6.45) is 0. The van der Waals surface area contributed by atoms with Crippen molar-refractivity contribution in [1.29, 1.82) is 10.9 Å². The Morgan fingerprint density at radius 2 is 1.49 bits per heavy atom. The Morgan fingerprint density at radius 1 is 0.971 bits per heavy atom. The number of para-hydroxylation sites is 1. The van der Waals surface area contributed by atoms with Crippen LogP contribution in [0.2, 0.25) is 0 Å². The highest BCUT2D eigenvalue weighted by Gasteiger charge is 2.06. The van der Waals surface area contributed by atoms with E-state index in [0.29, 0.717) is 16.9 Å². The number of nitriles is 1. The average Bonchev–Trinajstić information content (AvgIpc) is 2.94. The maximum absolute atomic E-state index is 10.8. The molecule has 3 aromatic rings. The van der Waals surface area contributed by atoms with Gasteiger partial charge in [0, 0.05) is 24.8 Å². The zero-order valence-corrected chi connectivity index (χ0v) is 19.8. The molecule has 0 saturated heterocycles. The van der Waals surface area contributed by atoms with Gasteiger partial charge in [0.05, 0.1) is 29.7 Å². The largest absolute Gasteiger partial charge is 1.00 e. The summed E-state index contributed by atoms with van der Waals surface area (Å²) >= 11 is 0. The Morgan fingerprint density at radius 3 is 1.89 bits per heavy atom. The molecule has 2 N–H and O–H groups in total. The van der Waals surface area contributed by atoms with Crippen LogP contribution in [0.25, 0.3) is 0 Å². The molecule has 12 heteroatoms. The van der Waals surface area contributed by atoms with Gasteiger partial charge in [-0.25, -0.2) is 5.01 Å². The minimum atomic E-state index is -0.00926. The zero-order chi connectivity index (χ0) is 26.6. The molecule has 0 atom stereocenters. The van der Waals surface area contributed by atoms with E-state index in [0.717, 1.165) is 16.3 Å². The summed E-state index contributed by atoms with van der Waals surface area (Å²) in [5.41, 5.74) is 8.61. The van der Waals surface area contributed by atoms with Crippen molar-refractivity contribution in [3.8, 4) is 6.07 Å². The SMILES string of the molecule is CN(N=O)c1ccc(C#N)cc1.CNc1ccccc1.Cc1ccc(N(C)/[N+]([O-])=N/[O-])cc1.N=O.[H+]. The number of benzene rings is 3. The molecule has 0 fully saturated rings. The fourth-order valence-corrected chi connectivity index (χ4v) is 2.32. The first-order valence-electron chi connectivity index (χ1n) is 9.97. The summed E-state index contributed by atoms with van der Waals surface area (Å²) in [6, 6.07) is 25.8. The maximum atomic E-state index is 10.8. The summed E-state index contributed by atoms with van der Waals surface area (Å²) in [4.78, 5) is 17.6. The number of rotatable bonds is 5. The number of aryl methyl sites for hydroxylation is 1. The molecule has 35 heavy (non-hydrogen) atoms.